The Bertz CT molecular complexity index is 1660. The first-order chi connectivity index (χ1) is 23.2. The van der Waals surface area contributed by atoms with Gasteiger partial charge in [-0.25, -0.2) is 23.8 Å². The van der Waals surface area contributed by atoms with Crippen LogP contribution in [0, 0.1) is 11.6 Å². The monoisotopic (exact) mass is 662 g/mol. The van der Waals surface area contributed by atoms with Crippen LogP contribution in [-0.4, -0.2) is 90.6 Å². The summed E-state index contributed by atoms with van der Waals surface area (Å²) in [4.78, 5) is 45.4. The maximum atomic E-state index is 14.7. The molecule has 0 unspecified atom stereocenters. The Labute approximate surface area is 278 Å². The number of ether oxygens (including phenoxy) is 1. The number of benzene rings is 2. The number of aromatic nitrogens is 2. The smallest absolute Gasteiger partial charge is 0.247 e. The largest absolute Gasteiger partial charge is 0.494 e. The average Bonchev–Trinajstić information content (AvgIpc) is 3.60. The van der Waals surface area contributed by atoms with Gasteiger partial charge in [0.2, 0.25) is 11.8 Å². The van der Waals surface area contributed by atoms with Crippen LogP contribution < -0.4 is 25.3 Å². The first-order valence-electron chi connectivity index (χ1n) is 16.1. The van der Waals surface area contributed by atoms with Gasteiger partial charge >= 0.3 is 0 Å². The van der Waals surface area contributed by atoms with Crippen molar-refractivity contribution in [3.8, 4) is 5.75 Å². The third-order valence-electron chi connectivity index (χ3n) is 9.23. The number of anilines is 5. The molecule has 2 aromatic carbocycles. The fraction of sp³-hybridized carbons (Fsp3) is 0.412. The molecule has 14 heteroatoms. The van der Waals surface area contributed by atoms with Crippen molar-refractivity contribution in [2.75, 3.05) is 73.6 Å². The number of amides is 2. The quantitative estimate of drug-likeness (QED) is 0.314. The molecule has 3 fully saturated rings. The minimum absolute atomic E-state index is 0.123. The number of carbonyl (C=O) groups is 2. The number of piperidine rings is 1. The minimum atomic E-state index is -0.923. The van der Waals surface area contributed by atoms with Crippen LogP contribution >= 0.6 is 0 Å². The summed E-state index contributed by atoms with van der Waals surface area (Å²) in [5.74, 6) is -0.781. The van der Waals surface area contributed by atoms with Crippen molar-refractivity contribution < 1.29 is 27.9 Å². The molecule has 4 heterocycles. The van der Waals surface area contributed by atoms with E-state index in [1.807, 2.05) is 11.0 Å². The summed E-state index contributed by atoms with van der Waals surface area (Å²) < 4.78 is 34.5. The molecule has 2 amide bonds. The predicted octanol–water partition coefficient (Wildman–Crippen LogP) is 4.65. The number of hydroxylamine groups is 1. The number of piperazine rings is 1. The predicted molar refractivity (Wildman–Crippen MR) is 178 cm³/mol. The summed E-state index contributed by atoms with van der Waals surface area (Å²) in [5.41, 5.74) is 2.12. The van der Waals surface area contributed by atoms with Gasteiger partial charge in [0.15, 0.2) is 17.5 Å². The molecule has 48 heavy (non-hydrogen) atoms. The van der Waals surface area contributed by atoms with Crippen LogP contribution in [0.15, 0.2) is 55.4 Å². The summed E-state index contributed by atoms with van der Waals surface area (Å²) in [7, 11) is 1.57. The molecule has 0 bridgehead atoms. The van der Waals surface area contributed by atoms with E-state index in [-0.39, 0.29) is 17.4 Å². The molecule has 0 aliphatic carbocycles. The zero-order chi connectivity index (χ0) is 33.8. The van der Waals surface area contributed by atoms with Crippen molar-refractivity contribution >= 4 is 40.5 Å². The summed E-state index contributed by atoms with van der Waals surface area (Å²) in [6.07, 6.45) is 4.91. The highest BCUT2D eigenvalue weighted by atomic mass is 19.2. The van der Waals surface area contributed by atoms with Crippen LogP contribution in [0.4, 0.5) is 37.5 Å². The number of nitrogens with zero attached hydrogens (tertiary/aromatic N) is 6. The number of halogens is 2. The maximum Gasteiger partial charge on any atom is 0.247 e. The van der Waals surface area contributed by atoms with Gasteiger partial charge < -0.3 is 25.2 Å². The van der Waals surface area contributed by atoms with E-state index < -0.39 is 17.7 Å². The molecule has 12 nitrogen and oxygen atoms in total. The van der Waals surface area contributed by atoms with Crippen molar-refractivity contribution in [2.45, 2.75) is 38.3 Å². The van der Waals surface area contributed by atoms with E-state index in [1.165, 1.54) is 29.6 Å². The Kier molecular flexibility index (Phi) is 10.0. The molecule has 3 saturated heterocycles. The molecule has 0 radical (unpaired) electrons. The van der Waals surface area contributed by atoms with Crippen LogP contribution in [0.25, 0.3) is 0 Å². The van der Waals surface area contributed by atoms with E-state index in [9.17, 15) is 18.4 Å². The van der Waals surface area contributed by atoms with Gasteiger partial charge in [-0.05, 0) is 31.1 Å². The average molecular weight is 663 g/mol. The molecule has 1 aromatic heterocycles. The number of carbonyl (C=O) groups excluding carboxylic acids is 2. The van der Waals surface area contributed by atoms with Crippen LogP contribution in [0.2, 0.25) is 0 Å². The molecular weight excluding hydrogens is 622 g/mol. The number of rotatable bonds is 9. The molecule has 254 valence electrons. The first kappa shape index (κ1) is 33.1. The molecule has 1 atom stereocenters. The van der Waals surface area contributed by atoms with Crippen LogP contribution in [-0.2, 0) is 14.4 Å². The zero-order valence-corrected chi connectivity index (χ0v) is 27.1. The third-order valence-corrected chi connectivity index (χ3v) is 9.23. The molecule has 0 saturated carbocycles. The topological polar surface area (TPSA) is 115 Å². The molecule has 6 rings (SSSR count). The van der Waals surface area contributed by atoms with E-state index in [0.717, 1.165) is 63.9 Å². The van der Waals surface area contributed by atoms with Crippen LogP contribution in [0.1, 0.15) is 37.8 Å². The number of nitrogens with one attached hydrogen (secondary N) is 2. The van der Waals surface area contributed by atoms with Gasteiger partial charge in [0.1, 0.15) is 17.9 Å². The lowest BCUT2D eigenvalue weighted by Crippen LogP contribution is -2.54. The maximum absolute atomic E-state index is 14.7. The summed E-state index contributed by atoms with van der Waals surface area (Å²) in [5, 5.41) is 7.67. The molecule has 0 spiro atoms. The second-order valence-corrected chi connectivity index (χ2v) is 12.0. The second-order valence-electron chi connectivity index (χ2n) is 12.0. The number of hydrogen-bond donors (Lipinski definition) is 2. The zero-order valence-electron chi connectivity index (χ0n) is 27.1. The Morgan fingerprint density at radius 3 is 2.50 bits per heavy atom. The van der Waals surface area contributed by atoms with Gasteiger partial charge in [-0.1, -0.05) is 18.7 Å². The van der Waals surface area contributed by atoms with Gasteiger partial charge in [0.05, 0.1) is 36.8 Å². The Balaban J connectivity index is 1.21. The lowest BCUT2D eigenvalue weighted by Gasteiger charge is -2.43. The highest BCUT2D eigenvalue weighted by Crippen LogP contribution is 2.41. The molecule has 3 aliphatic rings. The lowest BCUT2D eigenvalue weighted by atomic mass is 10.0. The van der Waals surface area contributed by atoms with E-state index in [4.69, 9.17) is 9.57 Å². The van der Waals surface area contributed by atoms with Gasteiger partial charge in [-0.2, -0.15) is 0 Å². The molecule has 2 N–H and O–H groups in total. The van der Waals surface area contributed by atoms with Crippen molar-refractivity contribution in [3.05, 3.63) is 72.6 Å². The molecule has 3 aromatic rings. The van der Waals surface area contributed by atoms with E-state index in [2.05, 4.69) is 37.0 Å². The fourth-order valence-corrected chi connectivity index (χ4v) is 6.68. The fourth-order valence-electron chi connectivity index (χ4n) is 6.68. The summed E-state index contributed by atoms with van der Waals surface area (Å²) in [6, 6.07) is 9.26. The van der Waals surface area contributed by atoms with Gasteiger partial charge in [0, 0.05) is 76.4 Å². The number of methoxy groups -OCH3 is 1. The van der Waals surface area contributed by atoms with E-state index in [1.54, 1.807) is 26.2 Å². The van der Waals surface area contributed by atoms with E-state index >= 15 is 0 Å². The van der Waals surface area contributed by atoms with Gasteiger partial charge in [-0.15, -0.1) is 0 Å². The summed E-state index contributed by atoms with van der Waals surface area (Å²) >= 11 is 0. The Hall–Kier alpha value is -4.82. The Morgan fingerprint density at radius 2 is 1.79 bits per heavy atom. The second kappa shape index (κ2) is 14.5. The minimum Gasteiger partial charge on any atom is -0.494 e. The van der Waals surface area contributed by atoms with Crippen LogP contribution in [0.3, 0.4) is 0 Å². The van der Waals surface area contributed by atoms with E-state index in [0.29, 0.717) is 47.8 Å². The van der Waals surface area contributed by atoms with Crippen molar-refractivity contribution in [3.63, 3.8) is 0 Å². The van der Waals surface area contributed by atoms with Crippen molar-refractivity contribution in [1.29, 1.82) is 0 Å². The van der Waals surface area contributed by atoms with Crippen molar-refractivity contribution in [1.82, 2.24) is 19.8 Å². The molecular formula is C34H40F2N8O4. The standard InChI is InChI=1S/C34H40F2N8O4/c1-4-33(46)40-26-18-27(30(47-3)19-29(26)43-11-8-23(9-12-43)42-15-13-41(14-16-42)22(2)45)39-31-20-32(38-21-37-31)44-28(10-17-48-44)24-6-5-7-25(35)34(24)36/h4-7,18-21,23,28H,1,8-17H2,2-3H3,(H,40,46)(H,37,38,39)/t28-/m1/s1. The highest BCUT2D eigenvalue weighted by molar-refractivity contribution is 6.02. The number of hydrogen-bond acceptors (Lipinski definition) is 10. The lowest BCUT2D eigenvalue weighted by molar-refractivity contribution is -0.131. The SMILES string of the molecule is C=CC(=O)Nc1cc(Nc2cc(N3OCC[C@@H]3c3cccc(F)c3F)ncn2)c(OC)cc1N1CCC(N2CCN(C(C)=O)CC2)CC1. The first-order valence-corrected chi connectivity index (χ1v) is 16.1. The molecule has 3 aliphatic heterocycles. The van der Waals surface area contributed by atoms with Gasteiger partial charge in [0.25, 0.3) is 0 Å². The highest BCUT2D eigenvalue weighted by Gasteiger charge is 2.33. The summed E-state index contributed by atoms with van der Waals surface area (Å²) in [6.45, 7) is 10.4. The normalized spacial score (nSPS) is 18.9. The van der Waals surface area contributed by atoms with Crippen LogP contribution in [0.5, 0.6) is 5.75 Å². The Morgan fingerprint density at radius 1 is 1.02 bits per heavy atom. The van der Waals surface area contributed by atoms with Gasteiger partial charge in [-0.3, -0.25) is 19.3 Å². The third kappa shape index (κ3) is 7.04. The van der Waals surface area contributed by atoms with Crippen molar-refractivity contribution in [2.24, 2.45) is 0 Å².